The molecule has 1 saturated carbocycles. The molecule has 154 valence electrons. The number of para-hydroxylation sites is 1. The normalized spacial score (nSPS) is 28.8. The van der Waals surface area contributed by atoms with Gasteiger partial charge in [-0.3, -0.25) is 4.98 Å². The minimum Gasteiger partial charge on any atom is -0.508 e. The van der Waals surface area contributed by atoms with E-state index in [1.807, 2.05) is 24.3 Å². The topological polar surface area (TPSA) is 56.6 Å². The summed E-state index contributed by atoms with van der Waals surface area (Å²) in [4.78, 5) is 7.49. The van der Waals surface area contributed by atoms with Crippen molar-refractivity contribution in [3.63, 3.8) is 0 Å². The molecule has 3 aliphatic rings. The van der Waals surface area contributed by atoms with E-state index in [0.717, 1.165) is 47.6 Å². The van der Waals surface area contributed by atoms with Gasteiger partial charge in [-0.15, -0.1) is 0 Å². The van der Waals surface area contributed by atoms with Crippen LogP contribution in [0.25, 0.3) is 10.9 Å². The lowest BCUT2D eigenvalue weighted by Gasteiger charge is -2.56. The van der Waals surface area contributed by atoms with Crippen molar-refractivity contribution in [2.45, 2.75) is 43.1 Å². The average Bonchev–Trinajstić information content (AvgIpc) is 3.54. The number of piperidine rings is 1. The van der Waals surface area contributed by atoms with Crippen LogP contribution in [0.2, 0.25) is 0 Å². The van der Waals surface area contributed by atoms with Crippen LogP contribution in [0, 0.1) is 5.92 Å². The molecule has 3 aromatic rings. The zero-order chi connectivity index (χ0) is 20.3. The zero-order valence-electron chi connectivity index (χ0n) is 17.2. The van der Waals surface area contributed by atoms with Gasteiger partial charge in [0.25, 0.3) is 0 Å². The minimum atomic E-state index is -0.870. The first-order chi connectivity index (χ1) is 14.5. The molecular formula is C26H28N2O2. The van der Waals surface area contributed by atoms with Crippen LogP contribution < -0.4 is 0 Å². The highest BCUT2D eigenvalue weighted by Crippen LogP contribution is 2.51. The first-order valence-electron chi connectivity index (χ1n) is 11.2. The summed E-state index contributed by atoms with van der Waals surface area (Å²) in [5, 5.41) is 23.6. The van der Waals surface area contributed by atoms with Crippen molar-refractivity contribution >= 4 is 10.9 Å². The number of aliphatic hydroxyl groups is 1. The fraction of sp³-hybridized carbons (Fsp3) is 0.423. The van der Waals surface area contributed by atoms with E-state index in [9.17, 15) is 10.2 Å². The van der Waals surface area contributed by atoms with Crippen LogP contribution in [0.15, 0.2) is 54.6 Å². The fourth-order valence-electron chi connectivity index (χ4n) is 5.91. The molecule has 0 unspecified atom stereocenters. The number of phenolic OH excluding ortho intramolecular Hbond substituents is 1. The molecule has 2 heterocycles. The summed E-state index contributed by atoms with van der Waals surface area (Å²) < 4.78 is 0. The molecule has 0 amide bonds. The maximum absolute atomic E-state index is 12.3. The number of hydrogen-bond donors (Lipinski definition) is 2. The Bertz CT molecular complexity index is 1120. The van der Waals surface area contributed by atoms with Gasteiger partial charge in [-0.2, -0.15) is 0 Å². The lowest BCUT2D eigenvalue weighted by molar-refractivity contribution is -0.104. The van der Waals surface area contributed by atoms with Crippen LogP contribution in [0.1, 0.15) is 36.1 Å². The molecule has 1 aliphatic heterocycles. The summed E-state index contributed by atoms with van der Waals surface area (Å²) in [5.41, 5.74) is 3.02. The number of fused-ring (bicyclic) bond motifs is 3. The Morgan fingerprint density at radius 2 is 1.90 bits per heavy atom. The van der Waals surface area contributed by atoms with Crippen molar-refractivity contribution in [3.8, 4) is 5.75 Å². The maximum Gasteiger partial charge on any atom is 0.115 e. The quantitative estimate of drug-likeness (QED) is 0.702. The third kappa shape index (κ3) is 2.85. The van der Waals surface area contributed by atoms with Crippen molar-refractivity contribution in [1.29, 1.82) is 0 Å². The molecule has 0 radical (unpaired) electrons. The Kier molecular flexibility index (Phi) is 4.00. The van der Waals surface area contributed by atoms with Crippen molar-refractivity contribution in [1.82, 2.24) is 9.88 Å². The number of nitrogens with zero attached hydrogens (tertiary/aromatic N) is 2. The van der Waals surface area contributed by atoms with E-state index < -0.39 is 11.0 Å². The van der Waals surface area contributed by atoms with Crippen LogP contribution in [-0.4, -0.2) is 45.3 Å². The highest BCUT2D eigenvalue weighted by molar-refractivity contribution is 5.79. The molecule has 4 nitrogen and oxygen atoms in total. The molecule has 2 atom stereocenters. The van der Waals surface area contributed by atoms with E-state index >= 15 is 0 Å². The Hall–Kier alpha value is -2.43. The molecule has 30 heavy (non-hydrogen) atoms. The van der Waals surface area contributed by atoms with E-state index in [-0.39, 0.29) is 5.75 Å². The molecule has 1 saturated heterocycles. The van der Waals surface area contributed by atoms with Gasteiger partial charge in [0.1, 0.15) is 5.75 Å². The summed E-state index contributed by atoms with van der Waals surface area (Å²) in [6, 6.07) is 18.0. The molecule has 0 spiro atoms. The lowest BCUT2D eigenvalue weighted by atomic mass is 9.56. The summed E-state index contributed by atoms with van der Waals surface area (Å²) in [5.74, 6) is 1.07. The van der Waals surface area contributed by atoms with Crippen LogP contribution in [0.5, 0.6) is 5.75 Å². The molecule has 2 aromatic carbocycles. The molecule has 0 bridgehead atoms. The van der Waals surface area contributed by atoms with Crippen molar-refractivity contribution in [2.24, 2.45) is 5.92 Å². The Labute approximate surface area is 177 Å². The number of aromatic nitrogens is 1. The van der Waals surface area contributed by atoms with Crippen molar-refractivity contribution in [3.05, 3.63) is 71.4 Å². The third-order valence-electron chi connectivity index (χ3n) is 7.69. The third-order valence-corrected chi connectivity index (χ3v) is 7.69. The number of benzene rings is 2. The van der Waals surface area contributed by atoms with Gasteiger partial charge in [0.2, 0.25) is 0 Å². The first kappa shape index (κ1) is 18.3. The van der Waals surface area contributed by atoms with Crippen LogP contribution >= 0.6 is 0 Å². The number of phenols is 1. The molecule has 1 aromatic heterocycles. The van der Waals surface area contributed by atoms with Crippen LogP contribution in [0.3, 0.4) is 0 Å². The standard InChI is InChI=1S/C26H28N2O2/c29-22-6-3-5-21(13-22)25-10-11-28(16-18-8-9-18)17-26(25,30)14-20-12-19-4-1-2-7-23(19)27-24(20)15-25/h1-7,12-13,18,29-30H,8-11,14-17H2/t25-,26-/m0/s1. The summed E-state index contributed by atoms with van der Waals surface area (Å²) in [6.07, 6.45) is 4.85. The highest BCUT2D eigenvalue weighted by Gasteiger charge is 2.57. The van der Waals surface area contributed by atoms with Gasteiger partial charge >= 0.3 is 0 Å². The maximum atomic E-state index is 12.3. The van der Waals surface area contributed by atoms with Gasteiger partial charge < -0.3 is 15.1 Å². The predicted octanol–water partition coefficient (Wildman–Crippen LogP) is 3.82. The number of β-amino-alcohol motifs (C(OH)–C–C–N with tert-alkyl or cyclic N) is 1. The van der Waals surface area contributed by atoms with Crippen LogP contribution in [-0.2, 0) is 18.3 Å². The second-order valence-corrected chi connectivity index (χ2v) is 9.73. The smallest absolute Gasteiger partial charge is 0.115 e. The van der Waals surface area contributed by atoms with Gasteiger partial charge in [-0.25, -0.2) is 0 Å². The molecule has 6 rings (SSSR count). The molecule has 2 fully saturated rings. The summed E-state index contributed by atoms with van der Waals surface area (Å²) >= 11 is 0. The van der Waals surface area contributed by atoms with Crippen LogP contribution in [0.4, 0.5) is 0 Å². The zero-order valence-corrected chi connectivity index (χ0v) is 17.2. The predicted molar refractivity (Wildman–Crippen MR) is 118 cm³/mol. The largest absolute Gasteiger partial charge is 0.508 e. The number of rotatable bonds is 3. The molecule has 2 aliphatic carbocycles. The second kappa shape index (κ2) is 6.53. The Morgan fingerprint density at radius 1 is 1.03 bits per heavy atom. The van der Waals surface area contributed by atoms with Crippen molar-refractivity contribution in [2.75, 3.05) is 19.6 Å². The van der Waals surface area contributed by atoms with E-state index in [0.29, 0.717) is 19.4 Å². The minimum absolute atomic E-state index is 0.266. The van der Waals surface area contributed by atoms with E-state index in [4.69, 9.17) is 4.98 Å². The average molecular weight is 401 g/mol. The lowest BCUT2D eigenvalue weighted by Crippen LogP contribution is -2.66. The number of likely N-dealkylation sites (tertiary alicyclic amines) is 1. The molecular weight excluding hydrogens is 372 g/mol. The van der Waals surface area contributed by atoms with Gasteiger partial charge in [0.05, 0.1) is 11.1 Å². The Balaban J connectivity index is 1.48. The number of pyridine rings is 1. The molecule has 4 heteroatoms. The van der Waals surface area contributed by atoms with Crippen molar-refractivity contribution < 1.29 is 10.2 Å². The number of hydrogen-bond acceptors (Lipinski definition) is 4. The van der Waals surface area contributed by atoms with Gasteiger partial charge in [-0.05, 0) is 67.1 Å². The highest BCUT2D eigenvalue weighted by atomic mass is 16.3. The summed E-state index contributed by atoms with van der Waals surface area (Å²) in [7, 11) is 0. The van der Waals surface area contributed by atoms with Gasteiger partial charge in [-0.1, -0.05) is 30.3 Å². The monoisotopic (exact) mass is 400 g/mol. The Morgan fingerprint density at radius 3 is 2.73 bits per heavy atom. The SMILES string of the molecule is Oc1cccc([C@@]23CCN(CC4CC4)C[C@@]2(O)Cc2cc4ccccc4nc2C3)c1. The number of aromatic hydroxyl groups is 1. The second-order valence-electron chi connectivity index (χ2n) is 9.73. The molecule has 2 N–H and O–H groups in total. The fourth-order valence-corrected chi connectivity index (χ4v) is 5.91. The van der Waals surface area contributed by atoms with Gasteiger partial charge in [0.15, 0.2) is 0 Å². The van der Waals surface area contributed by atoms with Gasteiger partial charge in [0, 0.05) is 42.4 Å². The van der Waals surface area contributed by atoms with E-state index in [1.165, 1.54) is 18.4 Å². The first-order valence-corrected chi connectivity index (χ1v) is 11.2. The summed E-state index contributed by atoms with van der Waals surface area (Å²) in [6.45, 7) is 2.77. The van der Waals surface area contributed by atoms with E-state index in [2.05, 4.69) is 29.2 Å². The van der Waals surface area contributed by atoms with E-state index in [1.54, 1.807) is 6.07 Å².